The highest BCUT2D eigenvalue weighted by Crippen LogP contribution is 2.24. The van der Waals surface area contributed by atoms with Crippen molar-refractivity contribution in [1.82, 2.24) is 5.32 Å². The van der Waals surface area contributed by atoms with Crippen LogP contribution in [0.1, 0.15) is 18.4 Å². The van der Waals surface area contributed by atoms with Crippen molar-refractivity contribution in [2.45, 2.75) is 18.9 Å². The summed E-state index contributed by atoms with van der Waals surface area (Å²) in [5.41, 5.74) is 1.37. The Labute approximate surface area is 100 Å². The molecule has 2 rings (SSSR count). The van der Waals surface area contributed by atoms with Gasteiger partial charge in [0.1, 0.15) is 6.07 Å². The third kappa shape index (κ3) is 2.46. The summed E-state index contributed by atoms with van der Waals surface area (Å²) in [5.74, 6) is 0. The fraction of sp³-hybridized carbons (Fsp3) is 0.417. The van der Waals surface area contributed by atoms with E-state index in [2.05, 4.69) is 16.7 Å². The Balaban J connectivity index is 2.14. The maximum Gasteiger partial charge on any atom is 0.103 e. The van der Waals surface area contributed by atoms with Crippen molar-refractivity contribution in [3.05, 3.63) is 28.8 Å². The first-order valence-corrected chi connectivity index (χ1v) is 5.85. The lowest BCUT2D eigenvalue weighted by atomic mass is 10.1. The Morgan fingerprint density at radius 1 is 1.50 bits per heavy atom. The minimum atomic E-state index is 0.388. The van der Waals surface area contributed by atoms with E-state index in [1.54, 1.807) is 6.07 Å². The monoisotopic (exact) mass is 235 g/mol. The lowest BCUT2D eigenvalue weighted by Crippen LogP contribution is -2.38. The average Bonchev–Trinajstić information content (AvgIpc) is 2.31. The molecule has 84 valence electrons. The zero-order valence-corrected chi connectivity index (χ0v) is 9.72. The van der Waals surface area contributed by atoms with Crippen molar-refractivity contribution in [3.63, 3.8) is 0 Å². The van der Waals surface area contributed by atoms with E-state index in [9.17, 15) is 0 Å². The molecule has 1 fully saturated rings. The van der Waals surface area contributed by atoms with Gasteiger partial charge in [0.15, 0.2) is 0 Å². The Kier molecular flexibility index (Phi) is 3.66. The SMILES string of the molecule is N#Cc1c(Cl)cccc1NC1CCCNC1. The van der Waals surface area contributed by atoms with Gasteiger partial charge in [-0.3, -0.25) is 0 Å². The van der Waals surface area contributed by atoms with Crippen LogP contribution < -0.4 is 10.6 Å². The molecule has 1 aromatic rings. The first kappa shape index (κ1) is 11.3. The number of benzene rings is 1. The van der Waals surface area contributed by atoms with Crippen LogP contribution in [0.3, 0.4) is 0 Å². The third-order valence-corrected chi connectivity index (χ3v) is 3.10. The van der Waals surface area contributed by atoms with Gasteiger partial charge in [-0.05, 0) is 31.5 Å². The molecule has 1 atom stereocenters. The van der Waals surface area contributed by atoms with Gasteiger partial charge in [-0.2, -0.15) is 5.26 Å². The predicted molar refractivity (Wildman–Crippen MR) is 65.7 cm³/mol. The average molecular weight is 236 g/mol. The maximum atomic E-state index is 9.04. The third-order valence-electron chi connectivity index (χ3n) is 2.78. The van der Waals surface area contributed by atoms with E-state index >= 15 is 0 Å². The van der Waals surface area contributed by atoms with E-state index in [1.807, 2.05) is 12.1 Å². The Bertz CT molecular complexity index is 405. The normalized spacial score (nSPS) is 20.1. The number of nitriles is 1. The molecule has 1 saturated heterocycles. The van der Waals surface area contributed by atoms with Crippen LogP contribution in [0.2, 0.25) is 5.02 Å². The molecular formula is C12H14ClN3. The molecule has 0 spiro atoms. The number of halogens is 1. The molecule has 0 radical (unpaired) electrons. The number of hydrogen-bond acceptors (Lipinski definition) is 3. The summed E-state index contributed by atoms with van der Waals surface area (Å²) in [7, 11) is 0. The van der Waals surface area contributed by atoms with Crippen LogP contribution in [-0.4, -0.2) is 19.1 Å². The van der Waals surface area contributed by atoms with Crippen LogP contribution in [0.5, 0.6) is 0 Å². The van der Waals surface area contributed by atoms with Gasteiger partial charge in [0.05, 0.1) is 16.3 Å². The largest absolute Gasteiger partial charge is 0.380 e. The van der Waals surface area contributed by atoms with Gasteiger partial charge in [-0.25, -0.2) is 0 Å². The molecule has 1 aliphatic rings. The Morgan fingerprint density at radius 2 is 2.38 bits per heavy atom. The standard InChI is InChI=1S/C12H14ClN3/c13-11-4-1-5-12(10(11)7-14)16-9-3-2-6-15-8-9/h1,4-5,9,15-16H,2-3,6,8H2. The molecule has 1 aromatic carbocycles. The van der Waals surface area contributed by atoms with Crippen LogP contribution in [0.4, 0.5) is 5.69 Å². The first-order valence-electron chi connectivity index (χ1n) is 5.47. The van der Waals surface area contributed by atoms with Gasteiger partial charge in [0.25, 0.3) is 0 Å². The summed E-state index contributed by atoms with van der Waals surface area (Å²) >= 11 is 5.97. The zero-order chi connectivity index (χ0) is 11.4. The first-order chi connectivity index (χ1) is 7.81. The highest BCUT2D eigenvalue weighted by Gasteiger charge is 2.14. The zero-order valence-electron chi connectivity index (χ0n) is 8.96. The molecule has 0 saturated carbocycles. The van der Waals surface area contributed by atoms with Crippen molar-refractivity contribution in [1.29, 1.82) is 5.26 Å². The number of hydrogen-bond donors (Lipinski definition) is 2. The van der Waals surface area contributed by atoms with E-state index in [1.165, 1.54) is 6.42 Å². The second kappa shape index (κ2) is 5.20. The number of nitrogens with zero attached hydrogens (tertiary/aromatic N) is 1. The molecule has 1 heterocycles. The van der Waals surface area contributed by atoms with E-state index in [0.29, 0.717) is 16.6 Å². The van der Waals surface area contributed by atoms with Crippen molar-refractivity contribution < 1.29 is 0 Å². The number of anilines is 1. The number of rotatable bonds is 2. The molecular weight excluding hydrogens is 222 g/mol. The smallest absolute Gasteiger partial charge is 0.103 e. The van der Waals surface area contributed by atoms with E-state index in [4.69, 9.17) is 16.9 Å². The maximum absolute atomic E-state index is 9.04. The lowest BCUT2D eigenvalue weighted by Gasteiger charge is -2.25. The number of nitrogens with one attached hydrogen (secondary N) is 2. The molecule has 4 heteroatoms. The quantitative estimate of drug-likeness (QED) is 0.828. The van der Waals surface area contributed by atoms with Crippen molar-refractivity contribution in [2.24, 2.45) is 0 Å². The summed E-state index contributed by atoms with van der Waals surface area (Å²) in [6.07, 6.45) is 2.30. The summed E-state index contributed by atoms with van der Waals surface area (Å²) in [4.78, 5) is 0. The molecule has 0 aliphatic carbocycles. The fourth-order valence-electron chi connectivity index (χ4n) is 1.95. The molecule has 3 nitrogen and oxygen atoms in total. The van der Waals surface area contributed by atoms with Gasteiger partial charge in [-0.15, -0.1) is 0 Å². The van der Waals surface area contributed by atoms with E-state index < -0.39 is 0 Å². The molecule has 1 aliphatic heterocycles. The Morgan fingerprint density at radius 3 is 3.06 bits per heavy atom. The molecule has 2 N–H and O–H groups in total. The van der Waals surface area contributed by atoms with Gasteiger partial charge in [-0.1, -0.05) is 17.7 Å². The summed E-state index contributed by atoms with van der Waals surface area (Å²) < 4.78 is 0. The molecule has 1 unspecified atom stereocenters. The topological polar surface area (TPSA) is 47.9 Å². The molecule has 0 aromatic heterocycles. The van der Waals surface area contributed by atoms with Gasteiger partial charge >= 0.3 is 0 Å². The Hall–Kier alpha value is -1.24. The summed E-state index contributed by atoms with van der Waals surface area (Å²) in [5, 5.41) is 16.2. The van der Waals surface area contributed by atoms with Crippen molar-refractivity contribution in [2.75, 3.05) is 18.4 Å². The van der Waals surface area contributed by atoms with Crippen LogP contribution in [0, 0.1) is 11.3 Å². The van der Waals surface area contributed by atoms with Crippen molar-refractivity contribution in [3.8, 4) is 6.07 Å². The van der Waals surface area contributed by atoms with Crippen molar-refractivity contribution >= 4 is 17.3 Å². The lowest BCUT2D eigenvalue weighted by molar-refractivity contribution is 0.480. The molecule has 0 bridgehead atoms. The second-order valence-electron chi connectivity index (χ2n) is 3.96. The van der Waals surface area contributed by atoms with Crippen LogP contribution >= 0.6 is 11.6 Å². The van der Waals surface area contributed by atoms with Gasteiger partial charge in [0, 0.05) is 12.6 Å². The predicted octanol–water partition coefficient (Wildman–Crippen LogP) is 2.38. The molecule has 0 amide bonds. The fourth-order valence-corrected chi connectivity index (χ4v) is 2.17. The van der Waals surface area contributed by atoms with E-state index in [0.717, 1.165) is 25.2 Å². The van der Waals surface area contributed by atoms with Crippen LogP contribution in [0.25, 0.3) is 0 Å². The highest BCUT2D eigenvalue weighted by molar-refractivity contribution is 6.32. The van der Waals surface area contributed by atoms with Gasteiger partial charge < -0.3 is 10.6 Å². The summed E-state index contributed by atoms with van der Waals surface area (Å²) in [6.45, 7) is 2.02. The second-order valence-corrected chi connectivity index (χ2v) is 4.37. The van der Waals surface area contributed by atoms with E-state index in [-0.39, 0.29) is 0 Å². The van der Waals surface area contributed by atoms with Crippen LogP contribution in [0.15, 0.2) is 18.2 Å². The minimum absolute atomic E-state index is 0.388. The highest BCUT2D eigenvalue weighted by atomic mass is 35.5. The van der Waals surface area contributed by atoms with Gasteiger partial charge in [0.2, 0.25) is 0 Å². The summed E-state index contributed by atoms with van der Waals surface area (Å²) in [6, 6.07) is 8.03. The molecule has 16 heavy (non-hydrogen) atoms. The number of piperidine rings is 1. The van der Waals surface area contributed by atoms with Crippen LogP contribution in [-0.2, 0) is 0 Å². The minimum Gasteiger partial charge on any atom is -0.380 e.